The molecule has 0 N–H and O–H groups in total. The molecule has 0 spiro atoms. The largest absolute Gasteiger partial charge is 0.365 e. The van der Waals surface area contributed by atoms with Crippen molar-refractivity contribution >= 4 is 17.2 Å². The number of pyridine rings is 2. The molecule has 1 amide bonds. The summed E-state index contributed by atoms with van der Waals surface area (Å²) in [5.74, 6) is 0.0542. The minimum Gasteiger partial charge on any atom is -0.365 e. The number of nitrogens with zero attached hydrogens (tertiary/aromatic N) is 5. The molecule has 0 aliphatic carbocycles. The van der Waals surface area contributed by atoms with Gasteiger partial charge in [0.05, 0.1) is 23.6 Å². The molecule has 0 aromatic carbocycles. The molecule has 5 rings (SSSR count). The topological polar surface area (TPSA) is 53.7 Å². The second-order valence-electron chi connectivity index (χ2n) is 7.21. The molecule has 0 saturated carbocycles. The van der Waals surface area contributed by atoms with Crippen LogP contribution in [0.4, 0.5) is 5.69 Å². The summed E-state index contributed by atoms with van der Waals surface area (Å²) in [6.45, 7) is 4.31. The first-order valence-electron chi connectivity index (χ1n) is 9.14. The van der Waals surface area contributed by atoms with E-state index in [0.29, 0.717) is 18.2 Å². The second-order valence-corrected chi connectivity index (χ2v) is 7.21. The maximum absolute atomic E-state index is 13.2. The van der Waals surface area contributed by atoms with Crippen LogP contribution in [0.15, 0.2) is 42.9 Å². The molecule has 5 heterocycles. The molecule has 3 aromatic heterocycles. The van der Waals surface area contributed by atoms with Gasteiger partial charge in [0.15, 0.2) is 0 Å². The number of hydrogen-bond donors (Lipinski definition) is 0. The zero-order chi connectivity index (χ0) is 17.7. The summed E-state index contributed by atoms with van der Waals surface area (Å²) in [6, 6.07) is 8.26. The number of rotatable bonds is 1. The van der Waals surface area contributed by atoms with Gasteiger partial charge in [-0.05, 0) is 44.0 Å². The number of amides is 1. The fraction of sp³-hybridized carbons (Fsp3) is 0.350. The zero-order valence-corrected chi connectivity index (χ0v) is 14.8. The first-order chi connectivity index (χ1) is 12.7. The lowest BCUT2D eigenvalue weighted by molar-refractivity contribution is 0.0736. The van der Waals surface area contributed by atoms with Crippen molar-refractivity contribution in [3.63, 3.8) is 0 Å². The van der Waals surface area contributed by atoms with Gasteiger partial charge in [0.2, 0.25) is 0 Å². The monoisotopic (exact) mass is 347 g/mol. The number of fused-ring (bicyclic) bond motifs is 4. The fourth-order valence-electron chi connectivity index (χ4n) is 4.23. The summed E-state index contributed by atoms with van der Waals surface area (Å²) in [4.78, 5) is 26.7. The predicted molar refractivity (Wildman–Crippen MR) is 99.3 cm³/mol. The van der Waals surface area contributed by atoms with Gasteiger partial charge in [0, 0.05) is 43.3 Å². The molecule has 1 saturated heterocycles. The predicted octanol–water partition coefficient (Wildman–Crippen LogP) is 2.66. The molecule has 0 unspecified atom stereocenters. The van der Waals surface area contributed by atoms with Crippen LogP contribution in [0.3, 0.4) is 0 Å². The summed E-state index contributed by atoms with van der Waals surface area (Å²) in [7, 11) is 0. The van der Waals surface area contributed by atoms with Gasteiger partial charge < -0.3 is 14.2 Å². The van der Waals surface area contributed by atoms with Crippen molar-refractivity contribution in [2.75, 3.05) is 18.0 Å². The lowest BCUT2D eigenvalue weighted by Crippen LogP contribution is -2.40. The first kappa shape index (κ1) is 15.4. The van der Waals surface area contributed by atoms with Crippen molar-refractivity contribution in [1.29, 1.82) is 0 Å². The van der Waals surface area contributed by atoms with E-state index < -0.39 is 0 Å². The Morgan fingerprint density at radius 2 is 2.23 bits per heavy atom. The van der Waals surface area contributed by atoms with E-state index in [9.17, 15) is 4.79 Å². The van der Waals surface area contributed by atoms with E-state index in [1.165, 1.54) is 12.1 Å². The molecule has 6 nitrogen and oxygen atoms in total. The van der Waals surface area contributed by atoms with Crippen LogP contribution < -0.4 is 4.90 Å². The van der Waals surface area contributed by atoms with Crippen LogP contribution in [0.2, 0.25) is 0 Å². The van der Waals surface area contributed by atoms with Gasteiger partial charge in [-0.3, -0.25) is 9.78 Å². The van der Waals surface area contributed by atoms with Gasteiger partial charge in [-0.1, -0.05) is 0 Å². The quantitative estimate of drug-likeness (QED) is 0.679. The molecule has 2 aliphatic heterocycles. The summed E-state index contributed by atoms with van der Waals surface area (Å²) in [5, 5.41) is 0. The second kappa shape index (κ2) is 5.83. The lowest BCUT2D eigenvalue weighted by Gasteiger charge is -2.27. The molecule has 3 aromatic rings. The van der Waals surface area contributed by atoms with Gasteiger partial charge in [-0.25, -0.2) is 4.98 Å². The average molecular weight is 347 g/mol. The number of aromatic nitrogens is 3. The van der Waals surface area contributed by atoms with E-state index in [1.807, 2.05) is 53.0 Å². The van der Waals surface area contributed by atoms with Crippen LogP contribution in [0.1, 0.15) is 34.6 Å². The van der Waals surface area contributed by atoms with E-state index in [0.717, 1.165) is 36.5 Å². The van der Waals surface area contributed by atoms with Crippen LogP contribution in [-0.4, -0.2) is 44.3 Å². The van der Waals surface area contributed by atoms with E-state index in [-0.39, 0.29) is 5.91 Å². The van der Waals surface area contributed by atoms with Gasteiger partial charge in [0.1, 0.15) is 5.65 Å². The highest BCUT2D eigenvalue weighted by Gasteiger charge is 2.34. The van der Waals surface area contributed by atoms with Crippen molar-refractivity contribution in [2.45, 2.75) is 32.4 Å². The standard InChI is InChI=1S/C20H21N5O/c1-14-11-23-9-6-15(10-19(23)22-14)20(26)24-12-16-4-3-8-25(16)18-5-2-7-21-17(18)13-24/h2,5-7,9-11,16H,3-4,8,12-13H2,1H3/t16-/m0/s1. The summed E-state index contributed by atoms with van der Waals surface area (Å²) in [6.07, 6.45) is 7.98. The van der Waals surface area contributed by atoms with E-state index in [1.54, 1.807) is 0 Å². The number of carbonyl (C=O) groups excluding carboxylic acids is 1. The Labute approximate surface area is 152 Å². The Kier molecular flexibility index (Phi) is 3.45. The van der Waals surface area contributed by atoms with Crippen LogP contribution in [0, 0.1) is 6.92 Å². The van der Waals surface area contributed by atoms with Crippen molar-refractivity contribution in [2.24, 2.45) is 0 Å². The van der Waals surface area contributed by atoms with Gasteiger partial charge in [-0.15, -0.1) is 0 Å². The molecule has 1 fully saturated rings. The normalized spacial score (nSPS) is 19.3. The fourth-order valence-corrected chi connectivity index (χ4v) is 4.23. The molecular weight excluding hydrogens is 326 g/mol. The SMILES string of the molecule is Cc1cn2ccc(C(=O)N3Cc4ncccc4N4CCC[C@H]4C3)cc2n1. The first-order valence-corrected chi connectivity index (χ1v) is 9.14. The van der Waals surface area contributed by atoms with Crippen molar-refractivity contribution in [3.8, 4) is 0 Å². The Balaban J connectivity index is 1.51. The van der Waals surface area contributed by atoms with Crippen molar-refractivity contribution < 1.29 is 4.79 Å². The molecule has 6 heteroatoms. The van der Waals surface area contributed by atoms with E-state index in [2.05, 4.69) is 20.9 Å². The van der Waals surface area contributed by atoms with E-state index >= 15 is 0 Å². The van der Waals surface area contributed by atoms with Gasteiger partial charge in [0.25, 0.3) is 5.91 Å². The number of carbonyl (C=O) groups is 1. The van der Waals surface area contributed by atoms with Gasteiger partial charge in [-0.2, -0.15) is 0 Å². The third-order valence-corrected chi connectivity index (χ3v) is 5.44. The average Bonchev–Trinajstić information content (AvgIpc) is 3.22. The number of anilines is 1. The Hall–Kier alpha value is -2.89. The third kappa shape index (κ3) is 2.44. The number of imidazole rings is 1. The summed E-state index contributed by atoms with van der Waals surface area (Å²) in [5.41, 5.74) is 4.62. The van der Waals surface area contributed by atoms with Crippen molar-refractivity contribution in [3.05, 3.63) is 59.8 Å². The summed E-state index contributed by atoms with van der Waals surface area (Å²) >= 11 is 0. The number of hydrogen-bond acceptors (Lipinski definition) is 4. The molecule has 0 bridgehead atoms. The Morgan fingerprint density at radius 3 is 3.15 bits per heavy atom. The molecule has 26 heavy (non-hydrogen) atoms. The zero-order valence-electron chi connectivity index (χ0n) is 14.8. The Morgan fingerprint density at radius 1 is 1.31 bits per heavy atom. The van der Waals surface area contributed by atoms with Crippen LogP contribution in [0.25, 0.3) is 5.65 Å². The molecule has 2 aliphatic rings. The van der Waals surface area contributed by atoms with Crippen LogP contribution >= 0.6 is 0 Å². The minimum atomic E-state index is 0.0542. The third-order valence-electron chi connectivity index (χ3n) is 5.44. The number of aryl methyl sites for hydroxylation is 1. The van der Waals surface area contributed by atoms with Crippen LogP contribution in [0.5, 0.6) is 0 Å². The minimum absolute atomic E-state index is 0.0542. The van der Waals surface area contributed by atoms with Gasteiger partial charge >= 0.3 is 0 Å². The highest BCUT2D eigenvalue weighted by molar-refractivity contribution is 5.95. The molecule has 132 valence electrons. The van der Waals surface area contributed by atoms with Crippen LogP contribution in [-0.2, 0) is 6.54 Å². The highest BCUT2D eigenvalue weighted by atomic mass is 16.2. The maximum Gasteiger partial charge on any atom is 0.254 e. The molecule has 0 radical (unpaired) electrons. The smallest absolute Gasteiger partial charge is 0.254 e. The van der Waals surface area contributed by atoms with Crippen molar-refractivity contribution in [1.82, 2.24) is 19.3 Å². The Bertz CT molecular complexity index is 995. The molecular formula is C20H21N5O. The lowest BCUT2D eigenvalue weighted by atomic mass is 10.2. The molecule has 1 atom stereocenters. The maximum atomic E-state index is 13.2. The highest BCUT2D eigenvalue weighted by Crippen LogP contribution is 2.32. The summed E-state index contributed by atoms with van der Waals surface area (Å²) < 4.78 is 1.95. The van der Waals surface area contributed by atoms with E-state index in [4.69, 9.17) is 0 Å².